The van der Waals surface area contributed by atoms with Gasteiger partial charge in [-0.2, -0.15) is 5.26 Å². The monoisotopic (exact) mass is 357 g/mol. The normalized spacial score (nSPS) is 9.84. The molecule has 0 aliphatic rings. The zero-order valence-corrected chi connectivity index (χ0v) is 14.5. The van der Waals surface area contributed by atoms with Crippen molar-refractivity contribution in [2.75, 3.05) is 11.9 Å². The van der Waals surface area contributed by atoms with Gasteiger partial charge < -0.3 is 10.1 Å². The number of anilines is 1. The van der Waals surface area contributed by atoms with Gasteiger partial charge in [-0.25, -0.2) is 4.79 Å². The summed E-state index contributed by atoms with van der Waals surface area (Å²) in [5.41, 5.74) is 2.97. The fourth-order valence-corrected chi connectivity index (χ4v) is 2.34. The number of amides is 3. The molecule has 0 aliphatic carbocycles. The Labute approximate surface area is 150 Å². The Morgan fingerprint density at radius 2 is 1.96 bits per heavy atom. The van der Waals surface area contributed by atoms with Crippen LogP contribution in [0.2, 0.25) is 5.02 Å². The molecule has 0 fully saturated rings. The van der Waals surface area contributed by atoms with E-state index in [9.17, 15) is 9.59 Å². The van der Waals surface area contributed by atoms with Gasteiger partial charge in [-0.05, 0) is 43.7 Å². The zero-order chi connectivity index (χ0) is 18.4. The summed E-state index contributed by atoms with van der Waals surface area (Å²) >= 11 is 5.95. The van der Waals surface area contributed by atoms with Gasteiger partial charge in [0.05, 0.1) is 16.7 Å². The average Bonchev–Trinajstić information content (AvgIpc) is 2.56. The van der Waals surface area contributed by atoms with Crippen LogP contribution >= 0.6 is 11.6 Å². The van der Waals surface area contributed by atoms with Gasteiger partial charge in [0.2, 0.25) is 0 Å². The minimum atomic E-state index is -0.647. The smallest absolute Gasteiger partial charge is 0.325 e. The van der Waals surface area contributed by atoms with Crippen molar-refractivity contribution in [1.82, 2.24) is 5.32 Å². The number of nitrogens with zero attached hydrogens (tertiary/aromatic N) is 1. The van der Waals surface area contributed by atoms with Gasteiger partial charge in [-0.15, -0.1) is 0 Å². The van der Waals surface area contributed by atoms with Crippen molar-refractivity contribution in [2.45, 2.75) is 13.8 Å². The number of rotatable bonds is 4. The SMILES string of the molecule is Cc1ccc(NC(=O)NC(=O)COc2ccc(C#N)cc2Cl)c(C)c1. The molecule has 2 N–H and O–H groups in total. The molecule has 128 valence electrons. The lowest BCUT2D eigenvalue weighted by atomic mass is 10.1. The summed E-state index contributed by atoms with van der Waals surface area (Å²) in [4.78, 5) is 23.7. The fourth-order valence-electron chi connectivity index (χ4n) is 2.10. The topological polar surface area (TPSA) is 91.2 Å². The minimum Gasteiger partial charge on any atom is -0.482 e. The van der Waals surface area contributed by atoms with Gasteiger partial charge in [-0.1, -0.05) is 29.3 Å². The van der Waals surface area contributed by atoms with Crippen LogP contribution in [0.5, 0.6) is 5.75 Å². The molecule has 2 aromatic carbocycles. The first-order chi connectivity index (χ1) is 11.9. The van der Waals surface area contributed by atoms with Crippen LogP contribution in [-0.4, -0.2) is 18.5 Å². The second-order valence-electron chi connectivity index (χ2n) is 5.37. The molecule has 7 heteroatoms. The standard InChI is InChI=1S/C18H16ClN3O3/c1-11-3-5-15(12(2)7-11)21-18(24)22-17(23)10-25-16-6-4-13(9-20)8-14(16)19/h3-8H,10H2,1-2H3,(H2,21,22,23,24). The largest absolute Gasteiger partial charge is 0.482 e. The van der Waals surface area contributed by atoms with Crippen LogP contribution in [0.15, 0.2) is 36.4 Å². The molecule has 0 saturated heterocycles. The molecular weight excluding hydrogens is 342 g/mol. The minimum absolute atomic E-state index is 0.214. The molecule has 0 aromatic heterocycles. The maximum atomic E-state index is 11.9. The summed E-state index contributed by atoms with van der Waals surface area (Å²) in [6, 6.07) is 11.3. The van der Waals surface area contributed by atoms with Crippen LogP contribution in [0.4, 0.5) is 10.5 Å². The molecule has 2 rings (SSSR count). The maximum absolute atomic E-state index is 11.9. The fraction of sp³-hybridized carbons (Fsp3) is 0.167. The van der Waals surface area contributed by atoms with Crippen LogP contribution in [0.25, 0.3) is 0 Å². The lowest BCUT2D eigenvalue weighted by molar-refractivity contribution is -0.121. The zero-order valence-electron chi connectivity index (χ0n) is 13.7. The van der Waals surface area contributed by atoms with E-state index in [0.717, 1.165) is 11.1 Å². The predicted octanol–water partition coefficient (Wildman–Crippen LogP) is 3.56. The lowest BCUT2D eigenvalue weighted by Crippen LogP contribution is -2.37. The van der Waals surface area contributed by atoms with Crippen molar-refractivity contribution in [3.63, 3.8) is 0 Å². The van der Waals surface area contributed by atoms with Gasteiger partial charge in [0.15, 0.2) is 6.61 Å². The number of hydrogen-bond acceptors (Lipinski definition) is 4. The third-order valence-corrected chi connectivity index (χ3v) is 3.60. The maximum Gasteiger partial charge on any atom is 0.325 e. The van der Waals surface area contributed by atoms with Gasteiger partial charge in [-0.3, -0.25) is 10.1 Å². The average molecular weight is 358 g/mol. The summed E-state index contributed by atoms with van der Waals surface area (Å²) in [6.07, 6.45) is 0. The number of hydrogen-bond donors (Lipinski definition) is 2. The number of carbonyl (C=O) groups excluding carboxylic acids is 2. The van der Waals surface area contributed by atoms with Crippen molar-refractivity contribution in [3.8, 4) is 11.8 Å². The van der Waals surface area contributed by atoms with Gasteiger partial charge in [0.1, 0.15) is 5.75 Å². The van der Waals surface area contributed by atoms with Crippen LogP contribution in [0, 0.1) is 25.2 Å². The Bertz CT molecular complexity index is 859. The molecule has 2 aromatic rings. The lowest BCUT2D eigenvalue weighted by Gasteiger charge is -2.11. The first kappa shape index (κ1) is 18.3. The molecule has 0 atom stereocenters. The summed E-state index contributed by atoms with van der Waals surface area (Å²) in [5, 5.41) is 13.8. The number of nitriles is 1. The number of aryl methyl sites for hydroxylation is 2. The number of imide groups is 1. The Morgan fingerprint density at radius 1 is 1.20 bits per heavy atom. The van der Waals surface area contributed by atoms with Gasteiger partial charge in [0, 0.05) is 5.69 Å². The number of nitrogens with one attached hydrogen (secondary N) is 2. The van der Waals surface area contributed by atoms with E-state index in [0.29, 0.717) is 11.3 Å². The number of ether oxygens (including phenoxy) is 1. The van der Waals surface area contributed by atoms with E-state index in [-0.39, 0.29) is 17.4 Å². The number of halogens is 1. The van der Waals surface area contributed by atoms with Crippen molar-refractivity contribution in [1.29, 1.82) is 5.26 Å². The van der Waals surface area contributed by atoms with E-state index in [1.165, 1.54) is 18.2 Å². The molecule has 0 radical (unpaired) electrons. The highest BCUT2D eigenvalue weighted by Crippen LogP contribution is 2.25. The summed E-state index contributed by atoms with van der Waals surface area (Å²) in [7, 11) is 0. The first-order valence-electron chi connectivity index (χ1n) is 7.39. The summed E-state index contributed by atoms with van der Waals surface area (Å²) in [5.74, 6) is -0.367. The van der Waals surface area contributed by atoms with Crippen molar-refractivity contribution >= 4 is 29.2 Å². The van der Waals surface area contributed by atoms with E-state index in [4.69, 9.17) is 21.6 Å². The van der Waals surface area contributed by atoms with Crippen LogP contribution in [-0.2, 0) is 4.79 Å². The highest BCUT2D eigenvalue weighted by atomic mass is 35.5. The molecule has 0 spiro atoms. The van der Waals surface area contributed by atoms with E-state index in [1.54, 1.807) is 6.07 Å². The van der Waals surface area contributed by atoms with Crippen molar-refractivity contribution in [3.05, 3.63) is 58.1 Å². The highest BCUT2D eigenvalue weighted by Gasteiger charge is 2.11. The van der Waals surface area contributed by atoms with E-state index < -0.39 is 11.9 Å². The van der Waals surface area contributed by atoms with Crippen molar-refractivity contribution in [2.24, 2.45) is 0 Å². The molecular formula is C18H16ClN3O3. The Balaban J connectivity index is 1.87. The third kappa shape index (κ3) is 5.23. The molecule has 0 heterocycles. The quantitative estimate of drug-likeness (QED) is 0.875. The number of benzene rings is 2. The second kappa shape index (κ2) is 8.18. The Morgan fingerprint density at radius 3 is 2.60 bits per heavy atom. The predicted molar refractivity (Wildman–Crippen MR) is 94.7 cm³/mol. The molecule has 6 nitrogen and oxygen atoms in total. The molecule has 0 bridgehead atoms. The molecule has 0 aliphatic heterocycles. The second-order valence-corrected chi connectivity index (χ2v) is 5.77. The van der Waals surface area contributed by atoms with Crippen molar-refractivity contribution < 1.29 is 14.3 Å². The third-order valence-electron chi connectivity index (χ3n) is 3.30. The number of urea groups is 1. The van der Waals surface area contributed by atoms with E-state index in [2.05, 4.69) is 10.6 Å². The molecule has 0 unspecified atom stereocenters. The van der Waals surface area contributed by atoms with Gasteiger partial charge in [0.25, 0.3) is 5.91 Å². The molecule has 25 heavy (non-hydrogen) atoms. The molecule has 3 amide bonds. The van der Waals surface area contributed by atoms with Crippen LogP contribution in [0.1, 0.15) is 16.7 Å². The summed E-state index contributed by atoms with van der Waals surface area (Å²) < 4.78 is 5.26. The first-order valence-corrected chi connectivity index (χ1v) is 7.77. The summed E-state index contributed by atoms with van der Waals surface area (Å²) in [6.45, 7) is 3.43. The highest BCUT2D eigenvalue weighted by molar-refractivity contribution is 6.32. The van der Waals surface area contributed by atoms with Crippen LogP contribution < -0.4 is 15.4 Å². The Hall–Kier alpha value is -3.04. The van der Waals surface area contributed by atoms with Crippen LogP contribution in [0.3, 0.4) is 0 Å². The molecule has 0 saturated carbocycles. The number of carbonyl (C=O) groups is 2. The van der Waals surface area contributed by atoms with E-state index >= 15 is 0 Å². The Kier molecular flexibility index (Phi) is 5.98. The van der Waals surface area contributed by atoms with Gasteiger partial charge >= 0.3 is 6.03 Å². The van der Waals surface area contributed by atoms with E-state index in [1.807, 2.05) is 32.0 Å².